The highest BCUT2D eigenvalue weighted by Gasteiger charge is 2.76. The Morgan fingerprint density at radius 3 is 3.00 bits per heavy atom. The van der Waals surface area contributed by atoms with Gasteiger partial charge in [0.05, 0.1) is 26.9 Å². The molecule has 5 heteroatoms. The molecule has 1 spiro atoms. The van der Waals surface area contributed by atoms with E-state index in [9.17, 15) is 15.0 Å². The molecule has 1 aromatic carbocycles. The second-order valence-electron chi connectivity index (χ2n) is 9.19. The number of quaternary nitrogens is 1. The molecule has 2 bridgehead atoms. The fraction of sp³-hybridized carbons (Fsp3) is 0.667. The first-order valence-corrected chi connectivity index (χ1v) is 9.64. The zero-order valence-corrected chi connectivity index (χ0v) is 14.9. The van der Waals surface area contributed by atoms with Crippen LogP contribution in [0.15, 0.2) is 12.1 Å². The van der Waals surface area contributed by atoms with Crippen molar-refractivity contribution < 1.29 is 28.3 Å². The van der Waals surface area contributed by atoms with Gasteiger partial charge in [-0.2, -0.15) is 0 Å². The first-order valence-electron chi connectivity index (χ1n) is 11.1. The van der Waals surface area contributed by atoms with E-state index in [1.165, 1.54) is 18.9 Å². The zero-order valence-electron chi connectivity index (χ0n) is 17.9. The number of phenols is 1. The Balaban J connectivity index is 1.66. The summed E-state index contributed by atoms with van der Waals surface area (Å²) in [5.74, 6) is -0.403. The number of hydrogen-bond donors (Lipinski definition) is 2. The molecule has 5 nitrogen and oxygen atoms in total. The van der Waals surface area contributed by atoms with Gasteiger partial charge in [-0.05, 0) is 30.9 Å². The molecular weight excluding hydrogens is 330 g/mol. The van der Waals surface area contributed by atoms with Crippen molar-refractivity contribution in [2.24, 2.45) is 5.92 Å². The molecule has 0 amide bonds. The van der Waals surface area contributed by atoms with Gasteiger partial charge in [-0.25, -0.2) is 0 Å². The molecule has 1 aromatic rings. The molecule has 26 heavy (non-hydrogen) atoms. The summed E-state index contributed by atoms with van der Waals surface area (Å²) in [4.78, 5) is 13.2. The maximum atomic E-state index is 13.2. The molecule has 2 heterocycles. The van der Waals surface area contributed by atoms with Gasteiger partial charge in [0, 0.05) is 33.4 Å². The normalized spacial score (nSPS) is 51.7. The highest BCUT2D eigenvalue weighted by atomic mass is 16.5. The van der Waals surface area contributed by atoms with E-state index < -0.39 is 29.3 Å². The van der Waals surface area contributed by atoms with Crippen LogP contribution in [0.25, 0.3) is 0 Å². The lowest BCUT2D eigenvalue weighted by atomic mass is 9.48. The van der Waals surface area contributed by atoms with Crippen LogP contribution in [0.2, 0.25) is 0 Å². The summed E-state index contributed by atoms with van der Waals surface area (Å²) >= 11 is 0. The molecule has 5 atom stereocenters. The maximum Gasteiger partial charge on any atom is 0.174 e. The highest BCUT2D eigenvalue weighted by Crippen LogP contribution is 2.65. The Bertz CT molecular complexity index is 981. The Morgan fingerprint density at radius 1 is 1.42 bits per heavy atom. The number of phenolic OH excluding ortho intramolecular Hbond substituents is 1. The molecule has 2 N–H and O–H groups in total. The number of rotatable bonds is 2. The number of carbonyl (C=O) groups excluding carboxylic acids is 1. The molecule has 2 saturated carbocycles. The summed E-state index contributed by atoms with van der Waals surface area (Å²) < 4.78 is 32.4. The molecule has 6 rings (SSSR count). The zero-order chi connectivity index (χ0) is 20.6. The third-order valence-corrected chi connectivity index (χ3v) is 7.79. The van der Waals surface area contributed by atoms with E-state index in [2.05, 4.69) is 7.05 Å². The standard InChI is InChI=1S/C21H25NO4/c1-22(11-12-2-3-12)9-8-20-17-13-4-5-14(23)18(17)26-19(20)15(24)6-7-21(20,25)16(22)10-13/h4-5,12,16,19,25H,2-3,6-11H2,1H3/p+1/t16-,19+,20+,21-,22?/m1/s1/i6D2,19D. The van der Waals surface area contributed by atoms with Gasteiger partial charge < -0.3 is 19.4 Å². The number of nitrogens with zero attached hydrogens (tertiary/aromatic N) is 1. The van der Waals surface area contributed by atoms with E-state index in [1.807, 2.05) is 6.07 Å². The molecule has 0 radical (unpaired) electrons. The molecule has 138 valence electrons. The maximum absolute atomic E-state index is 13.2. The lowest BCUT2D eigenvalue weighted by Crippen LogP contribution is -2.80. The van der Waals surface area contributed by atoms with Crippen LogP contribution in [0.3, 0.4) is 0 Å². The van der Waals surface area contributed by atoms with Crippen LogP contribution in [0.4, 0.5) is 0 Å². The topological polar surface area (TPSA) is 66.8 Å². The molecule has 5 aliphatic rings. The number of piperidine rings is 1. The molecule has 2 aliphatic heterocycles. The minimum absolute atomic E-state index is 0.0821. The van der Waals surface area contributed by atoms with Crippen molar-refractivity contribution in [2.75, 3.05) is 20.1 Å². The van der Waals surface area contributed by atoms with Crippen LogP contribution in [0.1, 0.15) is 47.3 Å². The summed E-state index contributed by atoms with van der Waals surface area (Å²) in [6.07, 6.45) is -1.72. The summed E-state index contributed by atoms with van der Waals surface area (Å²) in [5.41, 5.74) is -1.49. The van der Waals surface area contributed by atoms with Crippen LogP contribution in [-0.4, -0.2) is 58.3 Å². The van der Waals surface area contributed by atoms with Crippen molar-refractivity contribution in [1.29, 1.82) is 0 Å². The monoisotopic (exact) mass is 359 g/mol. The van der Waals surface area contributed by atoms with Crippen LogP contribution in [-0.2, 0) is 16.6 Å². The highest BCUT2D eigenvalue weighted by molar-refractivity contribution is 5.90. The van der Waals surface area contributed by atoms with Gasteiger partial charge in [-0.3, -0.25) is 4.79 Å². The summed E-state index contributed by atoms with van der Waals surface area (Å²) in [6, 6.07) is 3.02. The second-order valence-corrected chi connectivity index (χ2v) is 9.19. The van der Waals surface area contributed by atoms with Crippen LogP contribution >= 0.6 is 0 Å². The number of benzene rings is 1. The van der Waals surface area contributed by atoms with Gasteiger partial charge in [-0.15, -0.1) is 0 Å². The minimum Gasteiger partial charge on any atom is -0.504 e. The summed E-state index contributed by atoms with van der Waals surface area (Å²) in [6.45, 7) is 1.62. The molecule has 3 aliphatic carbocycles. The van der Waals surface area contributed by atoms with E-state index >= 15 is 0 Å². The predicted molar refractivity (Wildman–Crippen MR) is 94.1 cm³/mol. The Labute approximate surface area is 157 Å². The number of carbonyl (C=O) groups is 1. The number of aliphatic hydroxyl groups is 1. The van der Waals surface area contributed by atoms with E-state index in [0.29, 0.717) is 35.4 Å². The van der Waals surface area contributed by atoms with Gasteiger partial charge in [0.25, 0.3) is 0 Å². The van der Waals surface area contributed by atoms with Crippen molar-refractivity contribution >= 4 is 5.78 Å². The third kappa shape index (κ3) is 1.55. The van der Waals surface area contributed by atoms with Crippen molar-refractivity contribution in [3.05, 3.63) is 23.3 Å². The second kappa shape index (κ2) is 4.45. The molecule has 0 aromatic heterocycles. The fourth-order valence-electron chi connectivity index (χ4n) is 6.41. The molecular formula is C21H26NO4+. The summed E-state index contributed by atoms with van der Waals surface area (Å²) in [7, 11) is 2.13. The molecule has 1 unspecified atom stereocenters. The fourth-order valence-corrected chi connectivity index (χ4v) is 6.41. The Morgan fingerprint density at radius 2 is 2.23 bits per heavy atom. The van der Waals surface area contributed by atoms with E-state index in [4.69, 9.17) is 8.85 Å². The number of likely N-dealkylation sites (N-methyl/N-ethyl adjacent to an activating group) is 1. The first-order chi connectivity index (χ1) is 13.5. The van der Waals surface area contributed by atoms with Crippen molar-refractivity contribution in [2.45, 2.75) is 61.6 Å². The predicted octanol–water partition coefficient (Wildman–Crippen LogP) is 1.67. The van der Waals surface area contributed by atoms with Crippen molar-refractivity contribution in [1.82, 2.24) is 0 Å². The molecule has 3 fully saturated rings. The SMILES string of the molecule is [2H]C1([2H])C[C@@]2(O)[C@H]3Cc4ccc(O)c5c4[C@@]2(CC[N+]3(C)CC2CC2)[C@@]([2H])(O5)C1=O. The van der Waals surface area contributed by atoms with Gasteiger partial charge in [0.1, 0.15) is 11.6 Å². The number of ether oxygens (including phenoxy) is 1. The first kappa shape index (κ1) is 12.7. The largest absolute Gasteiger partial charge is 0.504 e. The van der Waals surface area contributed by atoms with Gasteiger partial charge >= 0.3 is 0 Å². The number of ketones is 1. The van der Waals surface area contributed by atoms with Crippen molar-refractivity contribution in [3.8, 4) is 11.5 Å². The summed E-state index contributed by atoms with van der Waals surface area (Å²) in [5, 5.41) is 22.8. The average Bonchev–Trinajstić information content (AvgIpc) is 3.37. The smallest absolute Gasteiger partial charge is 0.174 e. The average molecular weight is 359 g/mol. The Hall–Kier alpha value is -1.59. The third-order valence-electron chi connectivity index (χ3n) is 7.79. The number of Topliss-reactive ketones (excluding diaryl/α,β-unsaturated/α-hetero) is 1. The lowest BCUT2D eigenvalue weighted by Gasteiger charge is -2.64. The number of hydrogen-bond acceptors (Lipinski definition) is 4. The molecule has 1 saturated heterocycles. The number of likely N-dealkylation sites (tertiary alicyclic amines) is 1. The number of aromatic hydroxyl groups is 1. The van der Waals surface area contributed by atoms with Crippen LogP contribution in [0.5, 0.6) is 11.5 Å². The van der Waals surface area contributed by atoms with E-state index in [0.717, 1.165) is 12.1 Å². The quantitative estimate of drug-likeness (QED) is 0.789. The van der Waals surface area contributed by atoms with Crippen molar-refractivity contribution in [3.63, 3.8) is 0 Å². The lowest BCUT2D eigenvalue weighted by molar-refractivity contribution is -0.950. The van der Waals surface area contributed by atoms with Crippen LogP contribution < -0.4 is 4.74 Å². The Kier molecular flexibility index (Phi) is 2.18. The van der Waals surface area contributed by atoms with Gasteiger partial charge in [0.15, 0.2) is 23.4 Å². The van der Waals surface area contributed by atoms with Gasteiger partial charge in [0.2, 0.25) is 0 Å². The minimum atomic E-state index is -2.37. The van der Waals surface area contributed by atoms with E-state index in [-0.39, 0.29) is 24.0 Å². The van der Waals surface area contributed by atoms with Crippen LogP contribution in [0, 0.1) is 5.92 Å². The van der Waals surface area contributed by atoms with E-state index in [1.54, 1.807) is 0 Å². The van der Waals surface area contributed by atoms with Gasteiger partial charge in [-0.1, -0.05) is 6.07 Å².